The molecular formula is C14H16N2O. The summed E-state index contributed by atoms with van der Waals surface area (Å²) in [5.74, 6) is 1.10. The van der Waals surface area contributed by atoms with E-state index < -0.39 is 0 Å². The van der Waals surface area contributed by atoms with Gasteiger partial charge in [0.15, 0.2) is 0 Å². The molecule has 1 saturated carbocycles. The number of nitrogens with zero attached hydrogens (tertiary/aromatic N) is 2. The second kappa shape index (κ2) is 4.05. The smallest absolute Gasteiger partial charge is 0.0991 e. The quantitative estimate of drug-likeness (QED) is 0.796. The van der Waals surface area contributed by atoms with Gasteiger partial charge in [0.05, 0.1) is 17.7 Å². The fraction of sp³-hybridized carbons (Fsp3) is 0.500. The van der Waals surface area contributed by atoms with E-state index in [4.69, 9.17) is 5.26 Å². The van der Waals surface area contributed by atoms with Crippen molar-refractivity contribution in [3.8, 4) is 6.07 Å². The van der Waals surface area contributed by atoms with Crippen LogP contribution in [0.15, 0.2) is 24.3 Å². The first-order valence-corrected chi connectivity index (χ1v) is 6.21. The van der Waals surface area contributed by atoms with Crippen molar-refractivity contribution in [3.05, 3.63) is 29.8 Å². The number of hydrogen-bond acceptors (Lipinski definition) is 3. The molecule has 1 aliphatic carbocycles. The van der Waals surface area contributed by atoms with Gasteiger partial charge in [0, 0.05) is 24.7 Å². The van der Waals surface area contributed by atoms with Gasteiger partial charge in [-0.3, -0.25) is 0 Å². The highest BCUT2D eigenvalue weighted by atomic mass is 16.3. The van der Waals surface area contributed by atoms with Gasteiger partial charge >= 0.3 is 0 Å². The summed E-state index contributed by atoms with van der Waals surface area (Å²) < 4.78 is 0. The van der Waals surface area contributed by atoms with E-state index in [0.717, 1.165) is 25.9 Å². The summed E-state index contributed by atoms with van der Waals surface area (Å²) >= 11 is 0. The molecule has 1 aromatic rings. The minimum absolute atomic E-state index is 0.108. The van der Waals surface area contributed by atoms with Crippen molar-refractivity contribution in [1.29, 1.82) is 5.26 Å². The molecule has 0 aromatic heterocycles. The van der Waals surface area contributed by atoms with Crippen LogP contribution in [0, 0.1) is 23.2 Å². The highest BCUT2D eigenvalue weighted by Crippen LogP contribution is 2.39. The average Bonchev–Trinajstić information content (AvgIpc) is 2.92. The third-order valence-electron chi connectivity index (χ3n) is 4.18. The summed E-state index contributed by atoms with van der Waals surface area (Å²) in [5, 5.41) is 18.6. The normalized spacial score (nSPS) is 31.3. The molecule has 3 atom stereocenters. The number of aliphatic hydroxyl groups is 1. The summed E-state index contributed by atoms with van der Waals surface area (Å²) in [4.78, 5) is 2.33. The lowest BCUT2D eigenvalue weighted by Crippen LogP contribution is -2.24. The van der Waals surface area contributed by atoms with E-state index in [1.807, 2.05) is 24.3 Å². The molecule has 2 fully saturated rings. The monoisotopic (exact) mass is 228 g/mol. The number of nitriles is 1. The van der Waals surface area contributed by atoms with Crippen molar-refractivity contribution in [2.24, 2.45) is 11.8 Å². The van der Waals surface area contributed by atoms with E-state index in [9.17, 15) is 5.11 Å². The molecule has 1 N–H and O–H groups in total. The van der Waals surface area contributed by atoms with Crippen LogP contribution in [0.5, 0.6) is 0 Å². The Hall–Kier alpha value is -1.53. The van der Waals surface area contributed by atoms with E-state index >= 15 is 0 Å². The van der Waals surface area contributed by atoms with Crippen molar-refractivity contribution in [2.45, 2.75) is 18.9 Å². The summed E-state index contributed by atoms with van der Waals surface area (Å²) in [6, 6.07) is 9.87. The SMILES string of the molecule is N#Cc1ccc(N2CC3CCC(O)C3C2)cc1. The Morgan fingerprint density at radius 2 is 1.94 bits per heavy atom. The number of fused-ring (bicyclic) bond motifs is 1. The number of aliphatic hydroxyl groups excluding tert-OH is 1. The largest absolute Gasteiger partial charge is 0.393 e. The molecule has 0 amide bonds. The van der Waals surface area contributed by atoms with Crippen LogP contribution in [-0.2, 0) is 0 Å². The van der Waals surface area contributed by atoms with Gasteiger partial charge < -0.3 is 10.0 Å². The number of anilines is 1. The lowest BCUT2D eigenvalue weighted by Gasteiger charge is -2.20. The predicted octanol–water partition coefficient (Wildman–Crippen LogP) is 1.77. The van der Waals surface area contributed by atoms with Gasteiger partial charge in [-0.15, -0.1) is 0 Å². The van der Waals surface area contributed by atoms with Crippen molar-refractivity contribution in [1.82, 2.24) is 0 Å². The Labute approximate surface area is 101 Å². The lowest BCUT2D eigenvalue weighted by molar-refractivity contribution is 0.133. The topological polar surface area (TPSA) is 47.3 Å². The third-order valence-corrected chi connectivity index (χ3v) is 4.18. The van der Waals surface area contributed by atoms with E-state index in [-0.39, 0.29) is 6.10 Å². The maximum absolute atomic E-state index is 9.88. The summed E-state index contributed by atoms with van der Waals surface area (Å²) in [6.45, 7) is 2.01. The number of hydrogen-bond donors (Lipinski definition) is 1. The van der Waals surface area contributed by atoms with E-state index in [2.05, 4.69) is 11.0 Å². The zero-order valence-electron chi connectivity index (χ0n) is 9.71. The standard InChI is InChI=1S/C14H16N2O/c15-7-10-1-4-12(5-2-10)16-8-11-3-6-14(17)13(11)9-16/h1-2,4-5,11,13-14,17H,3,6,8-9H2. The zero-order valence-corrected chi connectivity index (χ0v) is 9.71. The van der Waals surface area contributed by atoms with Gasteiger partial charge in [-0.2, -0.15) is 5.26 Å². The second-order valence-electron chi connectivity index (χ2n) is 5.13. The molecule has 1 saturated heterocycles. The Balaban J connectivity index is 1.76. The first kappa shape index (κ1) is 10.6. The van der Waals surface area contributed by atoms with Gasteiger partial charge in [0.25, 0.3) is 0 Å². The average molecular weight is 228 g/mol. The predicted molar refractivity (Wildman–Crippen MR) is 65.6 cm³/mol. The first-order chi connectivity index (χ1) is 8.28. The van der Waals surface area contributed by atoms with Crippen molar-refractivity contribution < 1.29 is 5.11 Å². The van der Waals surface area contributed by atoms with Crippen LogP contribution < -0.4 is 4.90 Å². The Bertz CT molecular complexity index is 448. The van der Waals surface area contributed by atoms with Gasteiger partial charge in [0.1, 0.15) is 0 Å². The molecule has 1 aromatic carbocycles. The fourth-order valence-corrected chi connectivity index (χ4v) is 3.19. The zero-order chi connectivity index (χ0) is 11.8. The number of rotatable bonds is 1. The van der Waals surface area contributed by atoms with Crippen LogP contribution in [-0.4, -0.2) is 24.3 Å². The molecule has 0 bridgehead atoms. The molecule has 3 rings (SSSR count). The maximum Gasteiger partial charge on any atom is 0.0991 e. The van der Waals surface area contributed by atoms with Crippen LogP contribution in [0.1, 0.15) is 18.4 Å². The minimum Gasteiger partial charge on any atom is -0.393 e. The van der Waals surface area contributed by atoms with E-state index in [1.54, 1.807) is 0 Å². The summed E-state index contributed by atoms with van der Waals surface area (Å²) in [5.41, 5.74) is 1.87. The molecule has 0 spiro atoms. The number of benzene rings is 1. The highest BCUT2D eigenvalue weighted by molar-refractivity contribution is 5.50. The first-order valence-electron chi connectivity index (χ1n) is 6.21. The molecule has 88 valence electrons. The Morgan fingerprint density at radius 3 is 2.59 bits per heavy atom. The molecule has 2 aliphatic rings. The molecule has 17 heavy (non-hydrogen) atoms. The van der Waals surface area contributed by atoms with Crippen molar-refractivity contribution in [3.63, 3.8) is 0 Å². The van der Waals surface area contributed by atoms with Crippen LogP contribution in [0.2, 0.25) is 0 Å². The van der Waals surface area contributed by atoms with Crippen LogP contribution >= 0.6 is 0 Å². The third kappa shape index (κ3) is 1.79. The fourth-order valence-electron chi connectivity index (χ4n) is 3.19. The van der Waals surface area contributed by atoms with Gasteiger partial charge in [-0.1, -0.05) is 0 Å². The van der Waals surface area contributed by atoms with Crippen LogP contribution in [0.3, 0.4) is 0 Å². The van der Waals surface area contributed by atoms with E-state index in [0.29, 0.717) is 17.4 Å². The van der Waals surface area contributed by atoms with Gasteiger partial charge in [0.2, 0.25) is 0 Å². The van der Waals surface area contributed by atoms with E-state index in [1.165, 1.54) is 5.69 Å². The molecule has 3 heteroatoms. The Kier molecular flexibility index (Phi) is 2.53. The van der Waals surface area contributed by atoms with Gasteiger partial charge in [-0.05, 0) is 43.0 Å². The molecule has 1 heterocycles. The summed E-state index contributed by atoms with van der Waals surface area (Å²) in [6.07, 6.45) is 2.01. The highest BCUT2D eigenvalue weighted by Gasteiger charge is 2.41. The minimum atomic E-state index is -0.108. The van der Waals surface area contributed by atoms with Gasteiger partial charge in [-0.25, -0.2) is 0 Å². The Morgan fingerprint density at radius 1 is 1.18 bits per heavy atom. The summed E-state index contributed by atoms with van der Waals surface area (Å²) in [7, 11) is 0. The maximum atomic E-state index is 9.88. The molecular weight excluding hydrogens is 212 g/mol. The van der Waals surface area contributed by atoms with Crippen LogP contribution in [0.4, 0.5) is 5.69 Å². The molecule has 0 radical (unpaired) electrons. The van der Waals surface area contributed by atoms with Crippen LogP contribution in [0.25, 0.3) is 0 Å². The van der Waals surface area contributed by atoms with Crippen molar-refractivity contribution in [2.75, 3.05) is 18.0 Å². The molecule has 3 nitrogen and oxygen atoms in total. The lowest BCUT2D eigenvalue weighted by atomic mass is 10.00. The molecule has 1 aliphatic heterocycles. The second-order valence-corrected chi connectivity index (χ2v) is 5.13. The molecule has 3 unspecified atom stereocenters. The van der Waals surface area contributed by atoms with Crippen molar-refractivity contribution >= 4 is 5.69 Å².